The average Bonchev–Trinajstić information content (AvgIpc) is 2.66. The number of carbonyl (C=O) groups excluding carboxylic acids is 1. The molecule has 0 aliphatic heterocycles. The molecular formula is C9H8F3NO3S. The van der Waals surface area contributed by atoms with E-state index in [1.165, 1.54) is 6.07 Å². The molecule has 1 atom stereocenters. The Morgan fingerprint density at radius 3 is 2.53 bits per heavy atom. The molecule has 94 valence electrons. The fourth-order valence-corrected chi connectivity index (χ4v) is 1.90. The summed E-state index contributed by atoms with van der Waals surface area (Å²) in [5.74, 6) is -3.43. The van der Waals surface area contributed by atoms with Gasteiger partial charge in [0, 0.05) is 4.88 Å². The monoisotopic (exact) mass is 267 g/mol. The van der Waals surface area contributed by atoms with Gasteiger partial charge in [-0.3, -0.25) is 9.59 Å². The molecule has 0 aromatic carbocycles. The largest absolute Gasteiger partial charge is 0.481 e. The van der Waals surface area contributed by atoms with E-state index >= 15 is 0 Å². The van der Waals surface area contributed by atoms with Crippen molar-refractivity contribution in [3.63, 3.8) is 0 Å². The number of nitrogens with one attached hydrogen (secondary N) is 1. The van der Waals surface area contributed by atoms with E-state index in [4.69, 9.17) is 5.11 Å². The van der Waals surface area contributed by atoms with E-state index in [9.17, 15) is 22.8 Å². The summed E-state index contributed by atoms with van der Waals surface area (Å²) in [6, 6.07) is 1.87. The Kier molecular flexibility index (Phi) is 4.11. The van der Waals surface area contributed by atoms with Gasteiger partial charge in [0.1, 0.15) is 0 Å². The molecule has 0 spiro atoms. The summed E-state index contributed by atoms with van der Waals surface area (Å²) in [5, 5.41) is 11.8. The Labute approximate surface area is 98.1 Å². The zero-order valence-electron chi connectivity index (χ0n) is 8.32. The third-order valence-electron chi connectivity index (χ3n) is 1.83. The van der Waals surface area contributed by atoms with Gasteiger partial charge < -0.3 is 10.4 Å². The molecule has 0 saturated carbocycles. The SMILES string of the molecule is O=C(O)CC(NC(=O)C(F)(F)F)c1cccs1. The normalized spacial score (nSPS) is 13.1. The number of carboxylic acids is 1. The first-order valence-electron chi connectivity index (χ1n) is 4.43. The highest BCUT2D eigenvalue weighted by molar-refractivity contribution is 7.10. The molecule has 1 unspecified atom stereocenters. The van der Waals surface area contributed by atoms with Crippen LogP contribution in [0.1, 0.15) is 17.3 Å². The van der Waals surface area contributed by atoms with E-state index < -0.39 is 30.5 Å². The zero-order chi connectivity index (χ0) is 13.1. The third kappa shape index (κ3) is 4.06. The maximum atomic E-state index is 12.0. The van der Waals surface area contributed by atoms with Crippen LogP contribution in [0.2, 0.25) is 0 Å². The predicted octanol–water partition coefficient (Wildman–Crippen LogP) is 1.94. The number of hydrogen-bond donors (Lipinski definition) is 2. The molecule has 1 heterocycles. The van der Waals surface area contributed by atoms with Crippen molar-refractivity contribution in [2.24, 2.45) is 0 Å². The molecule has 1 aromatic rings. The van der Waals surface area contributed by atoms with E-state index in [0.717, 1.165) is 11.3 Å². The van der Waals surface area contributed by atoms with Gasteiger partial charge >= 0.3 is 18.1 Å². The first-order valence-corrected chi connectivity index (χ1v) is 5.31. The van der Waals surface area contributed by atoms with E-state index in [-0.39, 0.29) is 0 Å². The Hall–Kier alpha value is -1.57. The maximum Gasteiger partial charge on any atom is 0.471 e. The number of rotatable bonds is 4. The van der Waals surface area contributed by atoms with Crippen molar-refractivity contribution < 1.29 is 27.9 Å². The Morgan fingerprint density at radius 2 is 2.12 bits per heavy atom. The molecule has 0 bridgehead atoms. The van der Waals surface area contributed by atoms with Gasteiger partial charge in [-0.05, 0) is 11.4 Å². The summed E-state index contributed by atoms with van der Waals surface area (Å²) in [5.41, 5.74) is 0. The van der Waals surface area contributed by atoms with Crippen molar-refractivity contribution in [1.29, 1.82) is 0 Å². The van der Waals surface area contributed by atoms with Gasteiger partial charge in [-0.2, -0.15) is 13.2 Å². The van der Waals surface area contributed by atoms with Crippen LogP contribution in [-0.2, 0) is 9.59 Å². The number of hydrogen-bond acceptors (Lipinski definition) is 3. The fourth-order valence-electron chi connectivity index (χ4n) is 1.13. The number of thiophene rings is 1. The molecular weight excluding hydrogens is 259 g/mol. The fraction of sp³-hybridized carbons (Fsp3) is 0.333. The standard InChI is InChI=1S/C9H8F3NO3S/c10-9(11,12)8(16)13-5(4-7(14)15)6-2-1-3-17-6/h1-3,5H,4H2,(H,13,16)(H,14,15). The van der Waals surface area contributed by atoms with Crippen LogP contribution in [-0.4, -0.2) is 23.2 Å². The number of halogens is 3. The minimum Gasteiger partial charge on any atom is -0.481 e. The molecule has 2 N–H and O–H groups in total. The molecule has 1 amide bonds. The molecule has 0 radical (unpaired) electrons. The van der Waals surface area contributed by atoms with E-state index in [1.807, 2.05) is 0 Å². The Morgan fingerprint density at radius 1 is 1.47 bits per heavy atom. The first-order chi connectivity index (χ1) is 7.80. The summed E-state index contributed by atoms with van der Waals surface area (Å²) < 4.78 is 36.1. The first kappa shape index (κ1) is 13.5. The van der Waals surface area contributed by atoms with Gasteiger partial charge in [0.05, 0.1) is 12.5 Å². The summed E-state index contributed by atoms with van der Waals surface area (Å²) >= 11 is 1.08. The van der Waals surface area contributed by atoms with Crippen molar-refractivity contribution in [2.45, 2.75) is 18.6 Å². The second-order valence-electron chi connectivity index (χ2n) is 3.14. The minimum absolute atomic E-state index is 0.366. The van der Waals surface area contributed by atoms with Crippen LogP contribution < -0.4 is 5.32 Å². The molecule has 1 rings (SSSR count). The van der Waals surface area contributed by atoms with Crippen LogP contribution in [0.25, 0.3) is 0 Å². The van der Waals surface area contributed by atoms with Gasteiger partial charge in [0.2, 0.25) is 0 Å². The molecule has 0 aliphatic rings. The minimum atomic E-state index is -5.02. The second kappa shape index (κ2) is 5.17. The highest BCUT2D eigenvalue weighted by atomic mass is 32.1. The van der Waals surface area contributed by atoms with Crippen molar-refractivity contribution in [2.75, 3.05) is 0 Å². The summed E-state index contributed by atoms with van der Waals surface area (Å²) in [6.07, 6.45) is -5.61. The van der Waals surface area contributed by atoms with Gasteiger partial charge in [0.15, 0.2) is 0 Å². The van der Waals surface area contributed by atoms with Crippen molar-refractivity contribution in [3.05, 3.63) is 22.4 Å². The lowest BCUT2D eigenvalue weighted by atomic mass is 10.1. The molecule has 0 saturated heterocycles. The quantitative estimate of drug-likeness (QED) is 0.876. The van der Waals surface area contributed by atoms with Gasteiger partial charge in [-0.1, -0.05) is 6.07 Å². The van der Waals surface area contributed by atoms with Gasteiger partial charge in [0.25, 0.3) is 0 Å². The van der Waals surface area contributed by atoms with Crippen LogP contribution in [0, 0.1) is 0 Å². The molecule has 1 aromatic heterocycles. The number of alkyl halides is 3. The van der Waals surface area contributed by atoms with Crippen LogP contribution >= 0.6 is 11.3 Å². The third-order valence-corrected chi connectivity index (χ3v) is 2.81. The van der Waals surface area contributed by atoms with E-state index in [2.05, 4.69) is 0 Å². The lowest BCUT2D eigenvalue weighted by molar-refractivity contribution is -0.174. The second-order valence-corrected chi connectivity index (χ2v) is 4.12. The van der Waals surface area contributed by atoms with Crippen LogP contribution in [0.15, 0.2) is 17.5 Å². The maximum absolute atomic E-state index is 12.0. The molecule has 4 nitrogen and oxygen atoms in total. The van der Waals surface area contributed by atoms with Gasteiger partial charge in [-0.15, -0.1) is 11.3 Å². The summed E-state index contributed by atoms with van der Waals surface area (Å²) in [4.78, 5) is 21.6. The van der Waals surface area contributed by atoms with Crippen LogP contribution in [0.4, 0.5) is 13.2 Å². The topological polar surface area (TPSA) is 66.4 Å². The number of aliphatic carboxylic acids is 1. The Balaban J connectivity index is 2.79. The molecule has 0 fully saturated rings. The number of carboxylic acid groups (broad SMARTS) is 1. The smallest absolute Gasteiger partial charge is 0.471 e. The highest BCUT2D eigenvalue weighted by Crippen LogP contribution is 2.24. The lowest BCUT2D eigenvalue weighted by Gasteiger charge is -2.16. The van der Waals surface area contributed by atoms with E-state index in [0.29, 0.717) is 4.88 Å². The predicted molar refractivity (Wildman–Crippen MR) is 53.5 cm³/mol. The van der Waals surface area contributed by atoms with E-state index in [1.54, 1.807) is 16.8 Å². The molecule has 8 heteroatoms. The lowest BCUT2D eigenvalue weighted by Crippen LogP contribution is -2.39. The van der Waals surface area contributed by atoms with Gasteiger partial charge in [-0.25, -0.2) is 0 Å². The van der Waals surface area contributed by atoms with Crippen LogP contribution in [0.5, 0.6) is 0 Å². The molecule has 0 aliphatic carbocycles. The molecule has 17 heavy (non-hydrogen) atoms. The number of amides is 1. The highest BCUT2D eigenvalue weighted by Gasteiger charge is 2.40. The Bertz CT molecular complexity index is 402. The summed E-state index contributed by atoms with van der Waals surface area (Å²) in [6.45, 7) is 0. The van der Waals surface area contributed by atoms with Crippen molar-refractivity contribution >= 4 is 23.2 Å². The van der Waals surface area contributed by atoms with Crippen molar-refractivity contribution in [1.82, 2.24) is 5.32 Å². The van der Waals surface area contributed by atoms with Crippen LogP contribution in [0.3, 0.4) is 0 Å². The number of carbonyl (C=O) groups is 2. The zero-order valence-corrected chi connectivity index (χ0v) is 9.14. The van der Waals surface area contributed by atoms with Crippen molar-refractivity contribution in [3.8, 4) is 0 Å². The summed E-state index contributed by atoms with van der Waals surface area (Å²) in [7, 11) is 0. The average molecular weight is 267 g/mol.